The van der Waals surface area contributed by atoms with Gasteiger partial charge in [-0.3, -0.25) is 0 Å². The van der Waals surface area contributed by atoms with Crippen LogP contribution in [-0.2, 0) is 11.3 Å². The van der Waals surface area contributed by atoms with Crippen molar-refractivity contribution >= 4 is 0 Å². The molecule has 2 atom stereocenters. The van der Waals surface area contributed by atoms with E-state index in [1.807, 2.05) is 0 Å². The molecule has 0 amide bonds. The molecule has 0 unspecified atom stereocenters. The zero-order chi connectivity index (χ0) is 9.38. The number of fused-ring (bicyclic) bond motifs is 1. The normalized spacial score (nSPS) is 30.6. The SMILES string of the molecule is c1ccc2c(c1)CO[C@@H]2[C@H]1CCCN1. The van der Waals surface area contributed by atoms with Gasteiger partial charge in [0.2, 0.25) is 0 Å². The molecular weight excluding hydrogens is 174 g/mol. The van der Waals surface area contributed by atoms with Crippen molar-refractivity contribution in [2.45, 2.75) is 31.6 Å². The molecule has 2 aliphatic heterocycles. The van der Waals surface area contributed by atoms with E-state index in [1.54, 1.807) is 0 Å². The van der Waals surface area contributed by atoms with Crippen LogP contribution in [-0.4, -0.2) is 12.6 Å². The van der Waals surface area contributed by atoms with E-state index in [2.05, 4.69) is 29.6 Å². The predicted molar refractivity (Wildman–Crippen MR) is 55.0 cm³/mol. The lowest BCUT2D eigenvalue weighted by atomic mass is 9.99. The molecule has 1 fully saturated rings. The minimum atomic E-state index is 0.300. The average molecular weight is 189 g/mol. The molecule has 0 bridgehead atoms. The summed E-state index contributed by atoms with van der Waals surface area (Å²) in [6.45, 7) is 1.94. The Kier molecular flexibility index (Phi) is 2.03. The van der Waals surface area contributed by atoms with Crippen LogP contribution >= 0.6 is 0 Å². The summed E-state index contributed by atoms with van der Waals surface area (Å²) >= 11 is 0. The Morgan fingerprint density at radius 1 is 1.29 bits per heavy atom. The van der Waals surface area contributed by atoms with Crippen LogP contribution in [0.4, 0.5) is 0 Å². The zero-order valence-corrected chi connectivity index (χ0v) is 8.20. The molecule has 0 aliphatic carbocycles. The quantitative estimate of drug-likeness (QED) is 0.729. The van der Waals surface area contributed by atoms with E-state index < -0.39 is 0 Å². The third-order valence-corrected chi connectivity index (χ3v) is 3.24. The van der Waals surface area contributed by atoms with Crippen molar-refractivity contribution < 1.29 is 4.74 Å². The topological polar surface area (TPSA) is 21.3 Å². The van der Waals surface area contributed by atoms with E-state index in [0.717, 1.165) is 13.2 Å². The average Bonchev–Trinajstić information content (AvgIpc) is 2.85. The summed E-state index contributed by atoms with van der Waals surface area (Å²) in [4.78, 5) is 0. The van der Waals surface area contributed by atoms with Crippen molar-refractivity contribution in [3.8, 4) is 0 Å². The van der Waals surface area contributed by atoms with Crippen molar-refractivity contribution in [3.05, 3.63) is 35.4 Å². The fraction of sp³-hybridized carbons (Fsp3) is 0.500. The van der Waals surface area contributed by atoms with Gasteiger partial charge < -0.3 is 10.1 Å². The van der Waals surface area contributed by atoms with Crippen LogP contribution in [0, 0.1) is 0 Å². The van der Waals surface area contributed by atoms with Crippen LogP contribution in [0.5, 0.6) is 0 Å². The van der Waals surface area contributed by atoms with Crippen LogP contribution < -0.4 is 5.32 Å². The lowest BCUT2D eigenvalue weighted by Gasteiger charge is -2.18. The fourth-order valence-electron chi connectivity index (χ4n) is 2.52. The van der Waals surface area contributed by atoms with Gasteiger partial charge in [0.15, 0.2) is 0 Å². The second-order valence-corrected chi connectivity index (χ2v) is 4.13. The Hall–Kier alpha value is -0.860. The highest BCUT2D eigenvalue weighted by atomic mass is 16.5. The van der Waals surface area contributed by atoms with E-state index in [1.165, 1.54) is 24.0 Å². The second-order valence-electron chi connectivity index (χ2n) is 4.13. The predicted octanol–water partition coefficient (Wildman–Crippen LogP) is 2.01. The molecule has 1 aromatic rings. The molecule has 0 radical (unpaired) electrons. The maximum absolute atomic E-state index is 5.84. The summed E-state index contributed by atoms with van der Waals surface area (Å²) in [5.41, 5.74) is 2.76. The Bertz CT molecular complexity index is 331. The van der Waals surface area contributed by atoms with Crippen LogP contribution in [0.15, 0.2) is 24.3 Å². The largest absolute Gasteiger partial charge is 0.367 e. The van der Waals surface area contributed by atoms with Gasteiger partial charge in [-0.1, -0.05) is 24.3 Å². The summed E-state index contributed by atoms with van der Waals surface area (Å²) in [5, 5.41) is 3.51. The van der Waals surface area contributed by atoms with Gasteiger partial charge in [-0.2, -0.15) is 0 Å². The van der Waals surface area contributed by atoms with Gasteiger partial charge in [-0.05, 0) is 30.5 Å². The highest BCUT2D eigenvalue weighted by Crippen LogP contribution is 2.35. The van der Waals surface area contributed by atoms with E-state index in [4.69, 9.17) is 4.74 Å². The molecule has 3 rings (SSSR count). The third-order valence-electron chi connectivity index (χ3n) is 3.24. The maximum atomic E-state index is 5.84. The number of hydrogen-bond acceptors (Lipinski definition) is 2. The molecule has 1 aromatic carbocycles. The molecule has 2 heterocycles. The molecule has 1 saturated heterocycles. The van der Waals surface area contributed by atoms with Crippen molar-refractivity contribution in [1.82, 2.24) is 5.32 Å². The smallest absolute Gasteiger partial charge is 0.0985 e. The first-order valence-electron chi connectivity index (χ1n) is 5.38. The molecule has 2 heteroatoms. The van der Waals surface area contributed by atoms with Gasteiger partial charge in [-0.15, -0.1) is 0 Å². The van der Waals surface area contributed by atoms with Gasteiger partial charge in [0, 0.05) is 6.04 Å². The fourth-order valence-corrected chi connectivity index (χ4v) is 2.52. The highest BCUT2D eigenvalue weighted by Gasteiger charge is 2.31. The zero-order valence-electron chi connectivity index (χ0n) is 8.20. The Labute approximate surface area is 84.3 Å². The summed E-state index contributed by atoms with van der Waals surface area (Å²) in [7, 11) is 0. The van der Waals surface area contributed by atoms with Crippen molar-refractivity contribution in [2.24, 2.45) is 0 Å². The number of rotatable bonds is 1. The molecule has 14 heavy (non-hydrogen) atoms. The molecular formula is C12H15NO. The van der Waals surface area contributed by atoms with Crippen LogP contribution in [0.3, 0.4) is 0 Å². The van der Waals surface area contributed by atoms with E-state index >= 15 is 0 Å². The number of benzene rings is 1. The molecule has 1 N–H and O–H groups in total. The standard InChI is InChI=1S/C12H15NO/c1-2-5-10-9(4-1)8-14-12(10)11-6-3-7-13-11/h1-2,4-5,11-13H,3,6-8H2/t11-,12+/m1/s1. The van der Waals surface area contributed by atoms with Gasteiger partial charge in [0.25, 0.3) is 0 Å². The Morgan fingerprint density at radius 2 is 2.21 bits per heavy atom. The highest BCUT2D eigenvalue weighted by molar-refractivity contribution is 5.32. The first-order chi connectivity index (χ1) is 6.95. The first-order valence-corrected chi connectivity index (χ1v) is 5.38. The minimum absolute atomic E-state index is 0.300. The molecule has 0 aromatic heterocycles. The lowest BCUT2D eigenvalue weighted by Crippen LogP contribution is -2.28. The van der Waals surface area contributed by atoms with E-state index in [9.17, 15) is 0 Å². The van der Waals surface area contributed by atoms with Crippen LogP contribution in [0.2, 0.25) is 0 Å². The van der Waals surface area contributed by atoms with Crippen LogP contribution in [0.1, 0.15) is 30.1 Å². The van der Waals surface area contributed by atoms with Gasteiger partial charge in [0.1, 0.15) is 0 Å². The van der Waals surface area contributed by atoms with Gasteiger partial charge in [-0.25, -0.2) is 0 Å². The maximum Gasteiger partial charge on any atom is 0.0985 e. The summed E-state index contributed by atoms with van der Waals surface area (Å²) in [6, 6.07) is 9.11. The minimum Gasteiger partial charge on any atom is -0.367 e. The summed E-state index contributed by atoms with van der Waals surface area (Å²) in [5.74, 6) is 0. The molecule has 2 aliphatic rings. The number of ether oxygens (including phenoxy) is 1. The Morgan fingerprint density at radius 3 is 3.07 bits per heavy atom. The monoisotopic (exact) mass is 189 g/mol. The van der Waals surface area contributed by atoms with Crippen molar-refractivity contribution in [1.29, 1.82) is 0 Å². The van der Waals surface area contributed by atoms with Gasteiger partial charge in [0.05, 0.1) is 12.7 Å². The lowest BCUT2D eigenvalue weighted by molar-refractivity contribution is 0.0426. The van der Waals surface area contributed by atoms with Crippen molar-refractivity contribution in [3.63, 3.8) is 0 Å². The molecule has 0 saturated carbocycles. The van der Waals surface area contributed by atoms with Crippen molar-refractivity contribution in [2.75, 3.05) is 6.54 Å². The van der Waals surface area contributed by atoms with E-state index in [0.29, 0.717) is 12.1 Å². The molecule has 2 nitrogen and oxygen atoms in total. The second kappa shape index (κ2) is 3.37. The third kappa shape index (κ3) is 1.26. The molecule has 0 spiro atoms. The number of nitrogens with one attached hydrogen (secondary N) is 1. The number of hydrogen-bond donors (Lipinski definition) is 1. The summed E-state index contributed by atoms with van der Waals surface area (Å²) < 4.78 is 5.84. The van der Waals surface area contributed by atoms with E-state index in [-0.39, 0.29) is 0 Å². The first kappa shape index (κ1) is 8.45. The molecule has 74 valence electrons. The van der Waals surface area contributed by atoms with Crippen LogP contribution in [0.25, 0.3) is 0 Å². The van der Waals surface area contributed by atoms with Gasteiger partial charge >= 0.3 is 0 Å². The Balaban J connectivity index is 1.89. The summed E-state index contributed by atoms with van der Waals surface area (Å²) in [6.07, 6.45) is 2.83.